The van der Waals surface area contributed by atoms with Crippen LogP contribution in [0.15, 0.2) is 128 Å². The fourth-order valence-electron chi connectivity index (χ4n) is 7.70. The van der Waals surface area contributed by atoms with Crippen molar-refractivity contribution in [1.29, 1.82) is 0 Å². The largest absolute Gasteiger partial charge is 0.305 e. The summed E-state index contributed by atoms with van der Waals surface area (Å²) in [4.78, 5) is 9.46. The Bertz CT molecular complexity index is 2520. The van der Waals surface area contributed by atoms with Crippen LogP contribution in [-0.2, 0) is 26.5 Å². The zero-order chi connectivity index (χ0) is 37.8. The third kappa shape index (κ3) is 8.77. The van der Waals surface area contributed by atoms with E-state index in [1.54, 1.807) is 0 Å². The van der Waals surface area contributed by atoms with E-state index in [1.807, 2.05) is 35.7 Å². The monoisotopic (exact) mass is 931 g/mol. The SMILES string of the molecule is CC(C)Cc1cc(-c2[c-]cccc2)ncc1[Si](C)(C)C.CCC(CC)c1ccnc(-c2[c-]ccc3c2sc2c(-c4cccc5ccccc45)cccc23)c1.[Ir]. The second-order valence-electron chi connectivity index (χ2n) is 15.7. The van der Waals surface area contributed by atoms with Gasteiger partial charge in [0.2, 0.25) is 0 Å². The Morgan fingerprint density at radius 3 is 2.13 bits per heavy atom. The van der Waals surface area contributed by atoms with Crippen molar-refractivity contribution >= 4 is 55.5 Å². The van der Waals surface area contributed by atoms with Crippen LogP contribution in [0.5, 0.6) is 0 Å². The van der Waals surface area contributed by atoms with Crippen LogP contribution < -0.4 is 5.19 Å². The van der Waals surface area contributed by atoms with E-state index in [9.17, 15) is 0 Å². The Morgan fingerprint density at radius 1 is 0.673 bits per heavy atom. The molecule has 0 saturated carbocycles. The summed E-state index contributed by atoms with van der Waals surface area (Å²) in [6.07, 6.45) is 7.49. The second-order valence-corrected chi connectivity index (χ2v) is 21.8. The van der Waals surface area contributed by atoms with Crippen LogP contribution in [0, 0.1) is 18.1 Å². The van der Waals surface area contributed by atoms with E-state index in [4.69, 9.17) is 4.98 Å². The molecule has 8 aromatic rings. The van der Waals surface area contributed by atoms with Gasteiger partial charge in [-0.2, -0.15) is 11.3 Å². The van der Waals surface area contributed by atoms with Gasteiger partial charge in [0.15, 0.2) is 0 Å². The van der Waals surface area contributed by atoms with Gasteiger partial charge in [0.05, 0.1) is 8.07 Å². The first kappa shape index (κ1) is 40.4. The van der Waals surface area contributed by atoms with E-state index in [0.717, 1.165) is 41.8 Å². The van der Waals surface area contributed by atoms with Crippen LogP contribution >= 0.6 is 11.3 Å². The standard InChI is InChI=1S/C32H26NS.C18H24NSi.Ir/c1-3-21(4-2)23-18-19-33-30(20-23)29-17-9-16-28-27-15-8-14-26(31(27)34-32(28)29)25-13-7-11-22-10-5-6-12-24(22)25;1-14(2)11-16-12-17(15-9-7-6-8-10-15)19-13-18(16)20(3,4)5;/h5-16,18-21H,3-4H2,1-2H3;6-9,12-14H,11H2,1-5H3;/q2*-1;. The topological polar surface area (TPSA) is 25.8 Å². The predicted octanol–water partition coefficient (Wildman–Crippen LogP) is 13.9. The third-order valence-electron chi connectivity index (χ3n) is 10.4. The first-order valence-corrected chi connectivity index (χ1v) is 23.7. The van der Waals surface area contributed by atoms with Gasteiger partial charge in [0.25, 0.3) is 0 Å². The summed E-state index contributed by atoms with van der Waals surface area (Å²) in [6, 6.07) is 47.8. The van der Waals surface area contributed by atoms with Gasteiger partial charge in [-0.15, -0.1) is 59.7 Å². The van der Waals surface area contributed by atoms with Gasteiger partial charge in [-0.1, -0.05) is 137 Å². The van der Waals surface area contributed by atoms with Crippen molar-refractivity contribution in [2.45, 2.75) is 72.5 Å². The minimum absolute atomic E-state index is 0. The molecule has 0 bridgehead atoms. The van der Waals surface area contributed by atoms with Crippen molar-refractivity contribution in [2.75, 3.05) is 0 Å². The molecule has 55 heavy (non-hydrogen) atoms. The minimum Gasteiger partial charge on any atom is -0.305 e. The molecule has 0 amide bonds. The quantitative estimate of drug-likeness (QED) is 0.106. The van der Waals surface area contributed by atoms with Gasteiger partial charge in [-0.05, 0) is 85.7 Å². The van der Waals surface area contributed by atoms with Crippen LogP contribution in [0.4, 0.5) is 0 Å². The van der Waals surface area contributed by atoms with Crippen LogP contribution in [0.3, 0.4) is 0 Å². The third-order valence-corrected chi connectivity index (χ3v) is 13.8. The van der Waals surface area contributed by atoms with Crippen LogP contribution in [-0.4, -0.2) is 18.0 Å². The first-order valence-electron chi connectivity index (χ1n) is 19.4. The summed E-state index contributed by atoms with van der Waals surface area (Å²) >= 11 is 1.87. The molecule has 0 aliphatic heterocycles. The summed E-state index contributed by atoms with van der Waals surface area (Å²) in [5.41, 5.74) is 9.68. The molecule has 0 fully saturated rings. The molecule has 3 aromatic heterocycles. The first-order chi connectivity index (χ1) is 26.2. The second kappa shape index (κ2) is 17.7. The van der Waals surface area contributed by atoms with Crippen LogP contribution in [0.1, 0.15) is 57.6 Å². The maximum absolute atomic E-state index is 4.78. The van der Waals surface area contributed by atoms with Crippen LogP contribution in [0.2, 0.25) is 19.6 Å². The van der Waals surface area contributed by atoms with E-state index in [-0.39, 0.29) is 20.1 Å². The van der Waals surface area contributed by atoms with E-state index in [2.05, 4.69) is 168 Å². The van der Waals surface area contributed by atoms with Crippen molar-refractivity contribution in [3.63, 3.8) is 0 Å². The van der Waals surface area contributed by atoms with Crippen molar-refractivity contribution in [2.24, 2.45) is 5.92 Å². The normalized spacial score (nSPS) is 11.6. The average Bonchev–Trinajstić information content (AvgIpc) is 3.58. The zero-order valence-electron chi connectivity index (χ0n) is 33.0. The number of hydrogen-bond donors (Lipinski definition) is 0. The zero-order valence-corrected chi connectivity index (χ0v) is 37.2. The number of hydrogen-bond acceptors (Lipinski definition) is 3. The Labute approximate surface area is 346 Å². The molecule has 2 nitrogen and oxygen atoms in total. The fraction of sp³-hybridized carbons (Fsp3) is 0.240. The van der Waals surface area contributed by atoms with Gasteiger partial charge < -0.3 is 9.97 Å². The van der Waals surface area contributed by atoms with Gasteiger partial charge in [0, 0.05) is 37.2 Å². The van der Waals surface area contributed by atoms with E-state index >= 15 is 0 Å². The number of pyridine rings is 2. The van der Waals surface area contributed by atoms with Crippen molar-refractivity contribution < 1.29 is 20.1 Å². The number of rotatable bonds is 9. The summed E-state index contributed by atoms with van der Waals surface area (Å²) in [5.74, 6) is 1.24. The Hall–Kier alpha value is -4.25. The van der Waals surface area contributed by atoms with E-state index in [0.29, 0.717) is 11.8 Å². The van der Waals surface area contributed by atoms with E-state index < -0.39 is 8.07 Å². The number of nitrogens with zero attached hydrogens (tertiary/aromatic N) is 2. The van der Waals surface area contributed by atoms with E-state index in [1.165, 1.54) is 58.4 Å². The molecule has 0 N–H and O–H groups in total. The molecular weight excluding hydrogens is 881 g/mol. The molecule has 0 saturated heterocycles. The number of benzene rings is 5. The van der Waals surface area contributed by atoms with Gasteiger partial charge in [-0.25, -0.2) is 0 Å². The average molecular weight is 931 g/mol. The molecule has 0 atom stereocenters. The maximum atomic E-state index is 4.78. The molecule has 0 spiro atoms. The Morgan fingerprint density at radius 2 is 1.38 bits per heavy atom. The van der Waals surface area contributed by atoms with Crippen LogP contribution in [0.25, 0.3) is 64.6 Å². The number of aromatic nitrogens is 2. The molecule has 281 valence electrons. The Kier molecular flexibility index (Phi) is 13.0. The van der Waals surface area contributed by atoms with Gasteiger partial charge in [0.1, 0.15) is 0 Å². The molecule has 8 rings (SSSR count). The molecule has 0 aliphatic carbocycles. The van der Waals surface area contributed by atoms with Crippen molar-refractivity contribution in [1.82, 2.24) is 9.97 Å². The summed E-state index contributed by atoms with van der Waals surface area (Å²) in [5, 5.41) is 6.64. The molecule has 0 aliphatic rings. The maximum Gasteiger partial charge on any atom is 0.0798 e. The fourth-order valence-corrected chi connectivity index (χ4v) is 10.6. The number of fused-ring (bicyclic) bond motifs is 4. The summed E-state index contributed by atoms with van der Waals surface area (Å²) < 4.78 is 2.59. The van der Waals surface area contributed by atoms with Crippen molar-refractivity contribution in [3.05, 3.63) is 151 Å². The molecule has 3 heterocycles. The molecule has 5 aromatic carbocycles. The smallest absolute Gasteiger partial charge is 0.0798 e. The summed E-state index contributed by atoms with van der Waals surface area (Å²) in [7, 11) is -1.34. The molecule has 5 heteroatoms. The van der Waals surface area contributed by atoms with Crippen molar-refractivity contribution in [3.8, 4) is 33.6 Å². The Balaban J connectivity index is 0.000000211. The minimum atomic E-state index is -1.34. The number of thiophene rings is 1. The summed E-state index contributed by atoms with van der Waals surface area (Å²) in [6.45, 7) is 16.3. The van der Waals surface area contributed by atoms with Gasteiger partial charge >= 0.3 is 0 Å². The molecule has 1 radical (unpaired) electrons. The molecular formula is C50H50IrN2SSi-2. The van der Waals surface area contributed by atoms with Gasteiger partial charge in [-0.3, -0.25) is 0 Å². The molecule has 0 unspecified atom stereocenters. The predicted molar refractivity (Wildman–Crippen MR) is 238 cm³/mol.